The van der Waals surface area contributed by atoms with Crippen molar-refractivity contribution in [2.24, 2.45) is 0 Å². The Morgan fingerprint density at radius 3 is 2.50 bits per heavy atom. The van der Waals surface area contributed by atoms with Crippen molar-refractivity contribution < 1.29 is 4.42 Å². The Kier molecular flexibility index (Phi) is 3.22. The van der Waals surface area contributed by atoms with Gasteiger partial charge in [-0.2, -0.15) is 0 Å². The SMILES string of the molecule is CC(C)(C)c1nc2c(Br)nc(I)c(Cl)c2o1. The molecule has 6 heteroatoms. The first-order valence-electron chi connectivity index (χ1n) is 4.62. The van der Waals surface area contributed by atoms with Crippen LogP contribution in [0, 0.1) is 3.70 Å². The minimum atomic E-state index is -0.146. The number of pyridine rings is 1. The van der Waals surface area contributed by atoms with E-state index in [0.29, 0.717) is 30.3 Å². The maximum atomic E-state index is 6.14. The molecule has 0 saturated carbocycles. The summed E-state index contributed by atoms with van der Waals surface area (Å²) >= 11 is 11.6. The molecule has 0 aliphatic carbocycles. The molecule has 0 aliphatic heterocycles. The van der Waals surface area contributed by atoms with Crippen LogP contribution >= 0.6 is 50.1 Å². The van der Waals surface area contributed by atoms with Crippen LogP contribution in [0.1, 0.15) is 26.7 Å². The summed E-state index contributed by atoms with van der Waals surface area (Å²) in [6, 6.07) is 0. The highest BCUT2D eigenvalue weighted by Crippen LogP contribution is 2.34. The molecule has 2 aromatic heterocycles. The Labute approximate surface area is 120 Å². The zero-order valence-corrected chi connectivity index (χ0v) is 13.4. The lowest BCUT2D eigenvalue weighted by Crippen LogP contribution is -2.10. The van der Waals surface area contributed by atoms with Gasteiger partial charge in [-0.3, -0.25) is 0 Å². The molecule has 0 spiro atoms. The molecular weight excluding hydrogens is 406 g/mol. The molecule has 2 aromatic rings. The van der Waals surface area contributed by atoms with Crippen LogP contribution in [-0.2, 0) is 5.41 Å². The van der Waals surface area contributed by atoms with Crippen LogP contribution in [0.5, 0.6) is 0 Å². The summed E-state index contributed by atoms with van der Waals surface area (Å²) in [5, 5.41) is 0.516. The number of halogens is 3. The predicted molar refractivity (Wildman–Crippen MR) is 75.9 cm³/mol. The maximum absolute atomic E-state index is 6.14. The highest BCUT2D eigenvalue weighted by Gasteiger charge is 2.24. The zero-order chi connectivity index (χ0) is 12.1. The van der Waals surface area contributed by atoms with E-state index in [2.05, 4.69) is 48.5 Å². The van der Waals surface area contributed by atoms with Crippen molar-refractivity contribution in [3.63, 3.8) is 0 Å². The molecule has 0 saturated heterocycles. The monoisotopic (exact) mass is 414 g/mol. The first kappa shape index (κ1) is 12.6. The molecule has 0 atom stereocenters. The van der Waals surface area contributed by atoms with Gasteiger partial charge in [-0.25, -0.2) is 9.97 Å². The van der Waals surface area contributed by atoms with Crippen molar-refractivity contribution in [3.05, 3.63) is 19.2 Å². The molecule has 0 fully saturated rings. The van der Waals surface area contributed by atoms with E-state index in [1.54, 1.807) is 0 Å². The largest absolute Gasteiger partial charge is 0.438 e. The van der Waals surface area contributed by atoms with Crippen molar-refractivity contribution in [2.75, 3.05) is 0 Å². The number of nitrogens with zero attached hydrogens (tertiary/aromatic N) is 2. The highest BCUT2D eigenvalue weighted by atomic mass is 127. The van der Waals surface area contributed by atoms with Gasteiger partial charge >= 0.3 is 0 Å². The topological polar surface area (TPSA) is 38.9 Å². The second kappa shape index (κ2) is 4.10. The average molecular weight is 415 g/mol. The molecule has 0 radical (unpaired) electrons. The lowest BCUT2D eigenvalue weighted by atomic mass is 9.97. The van der Waals surface area contributed by atoms with Crippen LogP contribution in [0.25, 0.3) is 11.1 Å². The Balaban J connectivity index is 2.80. The summed E-state index contributed by atoms with van der Waals surface area (Å²) in [5.41, 5.74) is 1.13. The van der Waals surface area contributed by atoms with Crippen LogP contribution in [-0.4, -0.2) is 9.97 Å². The molecule has 0 bridgehead atoms. The zero-order valence-electron chi connectivity index (χ0n) is 8.94. The summed E-state index contributed by atoms with van der Waals surface area (Å²) in [7, 11) is 0. The lowest BCUT2D eigenvalue weighted by Gasteiger charge is -2.11. The van der Waals surface area contributed by atoms with Gasteiger partial charge in [-0.05, 0) is 38.5 Å². The second-order valence-electron chi connectivity index (χ2n) is 4.45. The second-order valence-corrected chi connectivity index (χ2v) is 6.61. The molecule has 0 amide bonds. The molecule has 0 unspecified atom stereocenters. The van der Waals surface area contributed by atoms with E-state index >= 15 is 0 Å². The van der Waals surface area contributed by atoms with E-state index in [0.717, 1.165) is 0 Å². The van der Waals surface area contributed by atoms with Gasteiger partial charge in [-0.15, -0.1) is 0 Å². The van der Waals surface area contributed by atoms with Gasteiger partial charge in [0.25, 0.3) is 0 Å². The van der Waals surface area contributed by atoms with E-state index in [9.17, 15) is 0 Å². The van der Waals surface area contributed by atoms with E-state index in [-0.39, 0.29) is 5.41 Å². The number of rotatable bonds is 0. The molecule has 0 aliphatic rings. The number of hydrogen-bond donors (Lipinski definition) is 0. The van der Waals surface area contributed by atoms with Gasteiger partial charge in [0.05, 0.1) is 0 Å². The normalized spacial score (nSPS) is 12.4. The third-order valence-electron chi connectivity index (χ3n) is 2.04. The Morgan fingerprint density at radius 2 is 1.94 bits per heavy atom. The average Bonchev–Trinajstić information content (AvgIpc) is 2.58. The van der Waals surface area contributed by atoms with Crippen LogP contribution in [0.15, 0.2) is 9.02 Å². The fourth-order valence-electron chi connectivity index (χ4n) is 1.21. The lowest BCUT2D eigenvalue weighted by molar-refractivity contribution is 0.411. The molecule has 16 heavy (non-hydrogen) atoms. The van der Waals surface area contributed by atoms with Crippen molar-refractivity contribution in [1.82, 2.24) is 9.97 Å². The third-order valence-corrected chi connectivity index (χ3v) is 4.04. The number of oxazole rings is 1. The number of fused-ring (bicyclic) bond motifs is 1. The Hall–Kier alpha value is 0.120. The van der Waals surface area contributed by atoms with Crippen molar-refractivity contribution >= 4 is 61.2 Å². The van der Waals surface area contributed by atoms with Crippen molar-refractivity contribution in [3.8, 4) is 0 Å². The van der Waals surface area contributed by atoms with Crippen molar-refractivity contribution in [1.29, 1.82) is 0 Å². The Bertz CT molecular complexity index is 562. The summed E-state index contributed by atoms with van der Waals surface area (Å²) in [6.45, 7) is 6.12. The van der Waals surface area contributed by atoms with Gasteiger partial charge in [0, 0.05) is 5.41 Å². The predicted octanol–water partition coefficient (Wildman–Crippen LogP) is 4.54. The van der Waals surface area contributed by atoms with Crippen molar-refractivity contribution in [2.45, 2.75) is 26.2 Å². The molecular formula is C10H9BrClIN2O. The van der Waals surface area contributed by atoms with Gasteiger partial charge < -0.3 is 4.42 Å². The molecule has 2 rings (SSSR count). The Morgan fingerprint density at radius 1 is 1.31 bits per heavy atom. The van der Waals surface area contributed by atoms with Crippen LogP contribution in [0.2, 0.25) is 5.02 Å². The molecule has 3 nitrogen and oxygen atoms in total. The minimum Gasteiger partial charge on any atom is -0.438 e. The third kappa shape index (κ3) is 2.09. The first-order chi connectivity index (χ1) is 7.30. The summed E-state index contributed by atoms with van der Waals surface area (Å²) < 4.78 is 7.07. The smallest absolute Gasteiger partial charge is 0.201 e. The maximum Gasteiger partial charge on any atom is 0.201 e. The van der Waals surface area contributed by atoms with Gasteiger partial charge in [0.2, 0.25) is 5.89 Å². The summed E-state index contributed by atoms with van der Waals surface area (Å²) in [4.78, 5) is 8.67. The fraction of sp³-hybridized carbons (Fsp3) is 0.400. The standard InChI is InChI=1S/C10H9BrClIN2O/c1-10(2,3)9-14-5-6(16-9)4(12)8(13)15-7(5)11/h1-3H3. The molecule has 0 aromatic carbocycles. The number of hydrogen-bond acceptors (Lipinski definition) is 3. The molecule has 0 N–H and O–H groups in total. The first-order valence-corrected chi connectivity index (χ1v) is 6.87. The van der Waals surface area contributed by atoms with Crippen LogP contribution in [0.4, 0.5) is 0 Å². The molecule has 86 valence electrons. The van der Waals surface area contributed by atoms with Crippen LogP contribution < -0.4 is 0 Å². The van der Waals surface area contributed by atoms with E-state index in [1.165, 1.54) is 0 Å². The van der Waals surface area contributed by atoms with E-state index < -0.39 is 0 Å². The van der Waals surface area contributed by atoms with E-state index in [4.69, 9.17) is 16.0 Å². The highest BCUT2D eigenvalue weighted by molar-refractivity contribution is 14.1. The van der Waals surface area contributed by atoms with Crippen LogP contribution in [0.3, 0.4) is 0 Å². The number of aromatic nitrogens is 2. The van der Waals surface area contributed by atoms with E-state index in [1.807, 2.05) is 20.8 Å². The summed E-state index contributed by atoms with van der Waals surface area (Å²) in [5.74, 6) is 0.661. The quantitative estimate of drug-likeness (QED) is 0.468. The summed E-state index contributed by atoms with van der Waals surface area (Å²) in [6.07, 6.45) is 0. The minimum absolute atomic E-state index is 0.146. The fourth-order valence-corrected chi connectivity index (χ4v) is 2.65. The van der Waals surface area contributed by atoms with Gasteiger partial charge in [0.15, 0.2) is 5.58 Å². The van der Waals surface area contributed by atoms with Gasteiger partial charge in [0.1, 0.15) is 18.8 Å². The molecule has 2 heterocycles. The van der Waals surface area contributed by atoms with Gasteiger partial charge in [-0.1, -0.05) is 32.4 Å².